The van der Waals surface area contributed by atoms with Gasteiger partial charge in [-0.2, -0.15) is 0 Å². The normalized spacial score (nSPS) is 16.6. The summed E-state index contributed by atoms with van der Waals surface area (Å²) in [6, 6.07) is 16.8. The second kappa shape index (κ2) is 10.6. The number of Topliss-reactive ketones (excluding diaryl/α,β-unsaturated/α-hetero) is 1. The summed E-state index contributed by atoms with van der Waals surface area (Å²) in [4.78, 5) is 39.6. The Morgan fingerprint density at radius 3 is 2.32 bits per heavy atom. The maximum atomic E-state index is 13.3. The van der Waals surface area contributed by atoms with Gasteiger partial charge in [0.05, 0.1) is 30.9 Å². The number of esters is 1. The van der Waals surface area contributed by atoms with Gasteiger partial charge in [0.2, 0.25) is 0 Å². The van der Waals surface area contributed by atoms with E-state index >= 15 is 0 Å². The third-order valence-corrected chi connectivity index (χ3v) is 6.20. The quantitative estimate of drug-likeness (QED) is 0.212. The summed E-state index contributed by atoms with van der Waals surface area (Å²) in [6.07, 6.45) is 0. The van der Waals surface area contributed by atoms with Crippen LogP contribution >= 0.6 is 0 Å². The van der Waals surface area contributed by atoms with Crippen molar-refractivity contribution < 1.29 is 34.1 Å². The Labute approximate surface area is 214 Å². The van der Waals surface area contributed by atoms with Crippen LogP contribution in [-0.4, -0.2) is 46.5 Å². The number of hydrogen-bond donors (Lipinski definition) is 2. The molecule has 0 bridgehead atoms. The minimum atomic E-state index is -0.945. The lowest BCUT2D eigenvalue weighted by atomic mass is 9.94. The smallest absolute Gasteiger partial charge is 0.337 e. The van der Waals surface area contributed by atoms with Gasteiger partial charge < -0.3 is 24.6 Å². The molecule has 190 valence electrons. The van der Waals surface area contributed by atoms with Gasteiger partial charge in [-0.25, -0.2) is 4.79 Å². The number of nitrogens with zero attached hydrogens (tertiary/aromatic N) is 1. The summed E-state index contributed by atoms with van der Waals surface area (Å²) < 4.78 is 10.3. The van der Waals surface area contributed by atoms with Crippen LogP contribution in [0.2, 0.25) is 0 Å². The van der Waals surface area contributed by atoms with Gasteiger partial charge in [0.1, 0.15) is 17.3 Å². The zero-order valence-electron chi connectivity index (χ0n) is 20.7. The summed E-state index contributed by atoms with van der Waals surface area (Å²) >= 11 is 0. The van der Waals surface area contributed by atoms with E-state index in [0.29, 0.717) is 34.6 Å². The van der Waals surface area contributed by atoms with Crippen LogP contribution in [0.1, 0.15) is 45.6 Å². The van der Waals surface area contributed by atoms with Crippen LogP contribution in [0.15, 0.2) is 72.3 Å². The molecule has 8 heteroatoms. The molecule has 3 aromatic rings. The number of likely N-dealkylation sites (tertiary alicyclic amines) is 1. The van der Waals surface area contributed by atoms with Crippen LogP contribution in [0.3, 0.4) is 0 Å². The van der Waals surface area contributed by atoms with Crippen molar-refractivity contribution in [2.45, 2.75) is 26.4 Å². The molecule has 3 aromatic carbocycles. The molecule has 37 heavy (non-hydrogen) atoms. The number of hydrogen-bond acceptors (Lipinski definition) is 7. The molecule has 0 aliphatic carbocycles. The van der Waals surface area contributed by atoms with E-state index in [1.807, 2.05) is 13.8 Å². The lowest BCUT2D eigenvalue weighted by molar-refractivity contribution is -0.140. The number of aryl methyl sites for hydroxylation is 1. The number of ether oxygens (including phenoxy) is 2. The molecule has 1 aliphatic heterocycles. The van der Waals surface area contributed by atoms with Crippen LogP contribution in [0, 0.1) is 6.92 Å². The Morgan fingerprint density at radius 2 is 1.70 bits per heavy atom. The topological polar surface area (TPSA) is 113 Å². The van der Waals surface area contributed by atoms with Gasteiger partial charge in [0.25, 0.3) is 11.7 Å². The number of phenolic OH excluding ortho intramolecular Hbond substituents is 1. The Morgan fingerprint density at radius 1 is 1.00 bits per heavy atom. The zero-order valence-corrected chi connectivity index (χ0v) is 20.7. The molecule has 1 atom stereocenters. The second-order valence-corrected chi connectivity index (χ2v) is 8.62. The number of aliphatic hydroxyl groups excluding tert-OH is 1. The fourth-order valence-corrected chi connectivity index (χ4v) is 4.41. The third kappa shape index (κ3) is 5.04. The Balaban J connectivity index is 1.80. The average molecular weight is 502 g/mol. The Hall–Kier alpha value is -4.59. The predicted octanol–water partition coefficient (Wildman–Crippen LogP) is 4.51. The first-order valence-corrected chi connectivity index (χ1v) is 11.7. The van der Waals surface area contributed by atoms with Crippen molar-refractivity contribution in [2.24, 2.45) is 0 Å². The number of carbonyl (C=O) groups is 3. The zero-order chi connectivity index (χ0) is 26.7. The average Bonchev–Trinajstić information content (AvgIpc) is 3.14. The fraction of sp³-hybridized carbons (Fsp3) is 0.207. The van der Waals surface area contributed by atoms with Crippen molar-refractivity contribution in [3.8, 4) is 11.5 Å². The number of phenols is 1. The first kappa shape index (κ1) is 25.5. The number of methoxy groups -OCH3 is 1. The molecule has 2 N–H and O–H groups in total. The maximum absolute atomic E-state index is 13.3. The van der Waals surface area contributed by atoms with Crippen molar-refractivity contribution in [1.29, 1.82) is 0 Å². The summed E-state index contributed by atoms with van der Waals surface area (Å²) in [6.45, 7) is 4.21. The van der Waals surface area contributed by atoms with Crippen molar-refractivity contribution >= 4 is 23.4 Å². The van der Waals surface area contributed by atoms with Crippen LogP contribution < -0.4 is 4.74 Å². The van der Waals surface area contributed by atoms with Gasteiger partial charge in [-0.3, -0.25) is 9.59 Å². The van der Waals surface area contributed by atoms with E-state index < -0.39 is 23.7 Å². The molecule has 1 heterocycles. The molecule has 1 unspecified atom stereocenters. The van der Waals surface area contributed by atoms with Crippen molar-refractivity contribution in [3.05, 3.63) is 100 Å². The standard InChI is InChI=1S/C29H27NO7/c1-4-37-23-13-12-21(14-17(23)2)26(32)24-25(20-6-5-7-22(31)15-20)30(28(34)27(24)33)16-18-8-10-19(11-9-18)29(35)36-3/h5-15,25,31-32H,4,16H2,1-3H3/b26-24-. The molecule has 1 amide bonds. The summed E-state index contributed by atoms with van der Waals surface area (Å²) in [5.74, 6) is -1.81. The molecule has 0 radical (unpaired) electrons. The molecule has 1 aliphatic rings. The first-order valence-electron chi connectivity index (χ1n) is 11.7. The van der Waals surface area contributed by atoms with E-state index in [4.69, 9.17) is 9.47 Å². The first-order chi connectivity index (χ1) is 17.7. The van der Waals surface area contributed by atoms with Crippen LogP contribution in [0.4, 0.5) is 0 Å². The summed E-state index contributed by atoms with van der Waals surface area (Å²) in [5.41, 5.74) is 2.53. The van der Waals surface area contributed by atoms with Gasteiger partial charge >= 0.3 is 5.97 Å². The third-order valence-electron chi connectivity index (χ3n) is 6.20. The lowest BCUT2D eigenvalue weighted by Gasteiger charge is -2.25. The van der Waals surface area contributed by atoms with Crippen molar-refractivity contribution in [2.75, 3.05) is 13.7 Å². The Bertz CT molecular complexity index is 1390. The Kier molecular flexibility index (Phi) is 7.29. The minimum absolute atomic E-state index is 0.0332. The van der Waals surface area contributed by atoms with Crippen LogP contribution in [0.5, 0.6) is 11.5 Å². The molecule has 1 fully saturated rings. The predicted molar refractivity (Wildman–Crippen MR) is 136 cm³/mol. The van der Waals surface area contributed by atoms with Crippen molar-refractivity contribution in [1.82, 2.24) is 4.90 Å². The number of rotatable bonds is 7. The lowest BCUT2D eigenvalue weighted by Crippen LogP contribution is -2.29. The van der Waals surface area contributed by atoms with E-state index in [1.54, 1.807) is 54.6 Å². The molecule has 0 saturated carbocycles. The van der Waals surface area contributed by atoms with Crippen molar-refractivity contribution in [3.63, 3.8) is 0 Å². The van der Waals surface area contributed by atoms with Gasteiger partial charge in [-0.1, -0.05) is 24.3 Å². The van der Waals surface area contributed by atoms with Crippen LogP contribution in [-0.2, 0) is 20.9 Å². The highest BCUT2D eigenvalue weighted by Crippen LogP contribution is 2.41. The number of aliphatic hydroxyl groups is 1. The van der Waals surface area contributed by atoms with Gasteiger partial charge in [-0.15, -0.1) is 0 Å². The molecular formula is C29H27NO7. The monoisotopic (exact) mass is 501 g/mol. The van der Waals surface area contributed by atoms with Crippen LogP contribution in [0.25, 0.3) is 5.76 Å². The molecule has 0 aromatic heterocycles. The molecule has 1 saturated heterocycles. The van der Waals surface area contributed by atoms with E-state index in [-0.39, 0.29) is 23.6 Å². The SMILES string of the molecule is CCOc1ccc(/C(O)=C2/C(=O)C(=O)N(Cc3ccc(C(=O)OC)cc3)C2c2cccc(O)c2)cc1C. The molecule has 0 spiro atoms. The summed E-state index contributed by atoms with van der Waals surface area (Å²) in [5, 5.41) is 21.4. The molecule has 8 nitrogen and oxygen atoms in total. The number of amides is 1. The molecular weight excluding hydrogens is 474 g/mol. The number of ketones is 1. The highest BCUT2D eigenvalue weighted by molar-refractivity contribution is 6.46. The summed E-state index contributed by atoms with van der Waals surface area (Å²) in [7, 11) is 1.29. The number of benzene rings is 3. The van der Waals surface area contributed by atoms with E-state index in [1.165, 1.54) is 24.1 Å². The number of aromatic hydroxyl groups is 1. The van der Waals surface area contributed by atoms with E-state index in [9.17, 15) is 24.6 Å². The van der Waals surface area contributed by atoms with E-state index in [0.717, 1.165) is 5.56 Å². The highest BCUT2D eigenvalue weighted by Gasteiger charge is 2.46. The van der Waals surface area contributed by atoms with Gasteiger partial charge in [0, 0.05) is 12.1 Å². The number of carbonyl (C=O) groups excluding carboxylic acids is 3. The maximum Gasteiger partial charge on any atom is 0.337 e. The fourth-order valence-electron chi connectivity index (χ4n) is 4.41. The van der Waals surface area contributed by atoms with Gasteiger partial charge in [0.15, 0.2) is 0 Å². The minimum Gasteiger partial charge on any atom is -0.508 e. The largest absolute Gasteiger partial charge is 0.508 e. The van der Waals surface area contributed by atoms with Gasteiger partial charge in [-0.05, 0) is 73.0 Å². The second-order valence-electron chi connectivity index (χ2n) is 8.62. The van der Waals surface area contributed by atoms with E-state index in [2.05, 4.69) is 0 Å². The highest BCUT2D eigenvalue weighted by atomic mass is 16.5. The molecule has 4 rings (SSSR count).